The second kappa shape index (κ2) is 11.7. The standard InChI is InChI=1S/C26H29F5N2O5/c1-35-19-5-2-17(3-6-19)15-36-16-21(26(29,30)31)38-24(34)33-10-8-25(9-11-33)12-20(13-25)37-22-7-4-18(14-32-22)23(27)28/h2-7,14,20-21,23H,8-13,15-16H2,1H3. The van der Waals surface area contributed by atoms with Crippen LogP contribution in [0.5, 0.6) is 11.6 Å². The number of hydrogen-bond donors (Lipinski definition) is 0. The molecule has 38 heavy (non-hydrogen) atoms. The van der Waals surface area contributed by atoms with E-state index in [1.54, 1.807) is 24.3 Å². The zero-order valence-corrected chi connectivity index (χ0v) is 20.8. The largest absolute Gasteiger partial charge is 0.497 e. The van der Waals surface area contributed by atoms with E-state index in [-0.39, 0.29) is 42.7 Å². The Kier molecular flexibility index (Phi) is 8.59. The first kappa shape index (κ1) is 27.9. The first-order valence-electron chi connectivity index (χ1n) is 12.2. The van der Waals surface area contributed by atoms with Crippen molar-refractivity contribution in [3.8, 4) is 11.6 Å². The van der Waals surface area contributed by atoms with Crippen molar-refractivity contribution in [2.24, 2.45) is 5.41 Å². The molecule has 2 fully saturated rings. The molecule has 1 amide bonds. The van der Waals surface area contributed by atoms with E-state index < -0.39 is 31.4 Å². The van der Waals surface area contributed by atoms with Gasteiger partial charge in [0.1, 0.15) is 11.9 Å². The van der Waals surface area contributed by atoms with E-state index in [0.29, 0.717) is 37.0 Å². The number of aromatic nitrogens is 1. The molecule has 4 rings (SSSR count). The van der Waals surface area contributed by atoms with Gasteiger partial charge in [-0.3, -0.25) is 0 Å². The molecule has 12 heteroatoms. The van der Waals surface area contributed by atoms with Gasteiger partial charge in [-0.25, -0.2) is 18.6 Å². The monoisotopic (exact) mass is 544 g/mol. The highest BCUT2D eigenvalue weighted by Crippen LogP contribution is 2.50. The lowest BCUT2D eigenvalue weighted by molar-refractivity contribution is -0.220. The minimum atomic E-state index is -4.77. The van der Waals surface area contributed by atoms with Gasteiger partial charge in [-0.05, 0) is 54.9 Å². The van der Waals surface area contributed by atoms with Gasteiger partial charge in [-0.2, -0.15) is 13.2 Å². The van der Waals surface area contributed by atoms with Gasteiger partial charge in [-0.15, -0.1) is 0 Å². The predicted octanol–water partition coefficient (Wildman–Crippen LogP) is 5.94. The van der Waals surface area contributed by atoms with Crippen LogP contribution in [0.2, 0.25) is 0 Å². The summed E-state index contributed by atoms with van der Waals surface area (Å²) in [5.41, 5.74) is 0.399. The van der Waals surface area contributed by atoms with Gasteiger partial charge < -0.3 is 23.8 Å². The van der Waals surface area contributed by atoms with E-state index in [0.717, 1.165) is 6.20 Å². The summed E-state index contributed by atoms with van der Waals surface area (Å²) in [7, 11) is 1.51. The van der Waals surface area contributed by atoms with Crippen LogP contribution in [0, 0.1) is 5.41 Å². The lowest BCUT2D eigenvalue weighted by atomic mass is 9.61. The summed E-state index contributed by atoms with van der Waals surface area (Å²) in [5.74, 6) is 0.880. The third kappa shape index (κ3) is 7.03. The fraction of sp³-hybridized carbons (Fsp3) is 0.538. The Hall–Kier alpha value is -3.15. The number of nitrogens with zero attached hydrogens (tertiary/aromatic N) is 2. The number of halogens is 5. The molecule has 2 heterocycles. The van der Waals surface area contributed by atoms with Crippen LogP contribution >= 0.6 is 0 Å². The zero-order chi connectivity index (χ0) is 27.3. The number of pyridine rings is 1. The highest BCUT2D eigenvalue weighted by Gasteiger charge is 2.49. The van der Waals surface area contributed by atoms with Crippen LogP contribution in [0.25, 0.3) is 0 Å². The third-order valence-electron chi connectivity index (χ3n) is 7.01. The van der Waals surface area contributed by atoms with E-state index >= 15 is 0 Å². The molecule has 1 spiro atoms. The Labute approximate surface area is 216 Å². The summed E-state index contributed by atoms with van der Waals surface area (Å²) in [6.07, 6.45) is -7.23. The van der Waals surface area contributed by atoms with E-state index in [1.165, 1.54) is 24.1 Å². The molecule has 1 aliphatic heterocycles. The Morgan fingerprint density at radius 3 is 2.34 bits per heavy atom. The Balaban J connectivity index is 1.20. The van der Waals surface area contributed by atoms with Crippen molar-refractivity contribution < 1.29 is 45.7 Å². The highest BCUT2D eigenvalue weighted by molar-refractivity contribution is 5.68. The maximum Gasteiger partial charge on any atom is 0.427 e. The minimum absolute atomic E-state index is 0.0739. The van der Waals surface area contributed by atoms with Gasteiger partial charge in [0.15, 0.2) is 0 Å². The van der Waals surface area contributed by atoms with Gasteiger partial charge >= 0.3 is 12.3 Å². The molecule has 1 aromatic heterocycles. The van der Waals surface area contributed by atoms with E-state index in [2.05, 4.69) is 4.98 Å². The Morgan fingerprint density at radius 2 is 1.79 bits per heavy atom. The molecule has 2 aliphatic rings. The third-order valence-corrected chi connectivity index (χ3v) is 7.01. The summed E-state index contributed by atoms with van der Waals surface area (Å²) in [4.78, 5) is 17.7. The summed E-state index contributed by atoms with van der Waals surface area (Å²) in [6.45, 7) is -0.353. The van der Waals surface area contributed by atoms with Crippen LogP contribution in [-0.4, -0.2) is 61.2 Å². The van der Waals surface area contributed by atoms with Crippen LogP contribution in [0.4, 0.5) is 26.7 Å². The van der Waals surface area contributed by atoms with Crippen molar-refractivity contribution in [1.29, 1.82) is 0 Å². The lowest BCUT2D eigenvalue weighted by Crippen LogP contribution is -2.53. The molecule has 1 unspecified atom stereocenters. The van der Waals surface area contributed by atoms with Crippen molar-refractivity contribution in [3.05, 3.63) is 53.7 Å². The SMILES string of the molecule is COc1ccc(COCC(OC(=O)N2CCC3(CC2)CC(Oc2ccc(C(F)F)cn2)C3)C(F)(F)F)cc1. The number of carbonyl (C=O) groups excluding carboxylic acids is 1. The van der Waals surface area contributed by atoms with Crippen molar-refractivity contribution in [2.75, 3.05) is 26.8 Å². The number of carbonyl (C=O) groups is 1. The van der Waals surface area contributed by atoms with Crippen molar-refractivity contribution in [1.82, 2.24) is 9.88 Å². The molecular formula is C26H29F5N2O5. The zero-order valence-electron chi connectivity index (χ0n) is 20.8. The summed E-state index contributed by atoms with van der Waals surface area (Å²) >= 11 is 0. The molecule has 1 saturated carbocycles. The average Bonchev–Trinajstić information content (AvgIpc) is 2.87. The quantitative estimate of drug-likeness (QED) is 0.364. The molecule has 7 nitrogen and oxygen atoms in total. The van der Waals surface area contributed by atoms with Crippen LogP contribution in [0.15, 0.2) is 42.6 Å². The molecular weight excluding hydrogens is 515 g/mol. The number of ether oxygens (including phenoxy) is 4. The topological polar surface area (TPSA) is 70.1 Å². The van der Waals surface area contributed by atoms with Gasteiger partial charge in [0.25, 0.3) is 6.43 Å². The lowest BCUT2D eigenvalue weighted by Gasteiger charge is -2.51. The molecule has 1 aromatic carbocycles. The molecule has 1 aliphatic carbocycles. The number of amides is 1. The first-order chi connectivity index (χ1) is 18.1. The Morgan fingerprint density at radius 1 is 1.11 bits per heavy atom. The van der Waals surface area contributed by atoms with Crippen molar-refractivity contribution in [2.45, 2.75) is 57.1 Å². The fourth-order valence-corrected chi connectivity index (χ4v) is 4.72. The normalized spacial score (nSPS) is 18.2. The molecule has 208 valence electrons. The number of piperidine rings is 1. The Bertz CT molecular complexity index is 1050. The maximum absolute atomic E-state index is 13.5. The summed E-state index contributed by atoms with van der Waals surface area (Å²) in [5, 5.41) is 0. The van der Waals surface area contributed by atoms with Gasteiger partial charge in [0, 0.05) is 30.9 Å². The van der Waals surface area contributed by atoms with Crippen molar-refractivity contribution >= 4 is 6.09 Å². The fourth-order valence-electron chi connectivity index (χ4n) is 4.72. The highest BCUT2D eigenvalue weighted by atomic mass is 19.4. The van der Waals surface area contributed by atoms with E-state index in [4.69, 9.17) is 18.9 Å². The molecule has 2 aromatic rings. The van der Waals surface area contributed by atoms with Crippen LogP contribution in [0.3, 0.4) is 0 Å². The molecule has 0 bridgehead atoms. The van der Waals surface area contributed by atoms with E-state index in [1.807, 2.05) is 0 Å². The number of methoxy groups -OCH3 is 1. The molecule has 1 atom stereocenters. The molecule has 0 radical (unpaired) electrons. The smallest absolute Gasteiger partial charge is 0.427 e. The summed E-state index contributed by atoms with van der Waals surface area (Å²) in [6, 6.07) is 9.36. The number of likely N-dealkylation sites (tertiary alicyclic amines) is 1. The number of rotatable bonds is 9. The number of benzene rings is 1. The van der Waals surface area contributed by atoms with E-state index in [9.17, 15) is 26.7 Å². The molecule has 1 saturated heterocycles. The van der Waals surface area contributed by atoms with Crippen LogP contribution in [0.1, 0.15) is 43.2 Å². The van der Waals surface area contributed by atoms with Gasteiger partial charge in [0.05, 0.1) is 20.3 Å². The average molecular weight is 545 g/mol. The second-order valence-corrected chi connectivity index (χ2v) is 9.64. The maximum atomic E-state index is 13.5. The summed E-state index contributed by atoms with van der Waals surface area (Å²) < 4.78 is 86.6. The second-order valence-electron chi connectivity index (χ2n) is 9.64. The van der Waals surface area contributed by atoms with Gasteiger partial charge in [0.2, 0.25) is 12.0 Å². The van der Waals surface area contributed by atoms with Crippen LogP contribution < -0.4 is 9.47 Å². The van der Waals surface area contributed by atoms with Crippen LogP contribution in [-0.2, 0) is 16.1 Å². The van der Waals surface area contributed by atoms with Crippen molar-refractivity contribution in [3.63, 3.8) is 0 Å². The predicted molar refractivity (Wildman–Crippen MR) is 125 cm³/mol. The first-order valence-corrected chi connectivity index (χ1v) is 12.2. The minimum Gasteiger partial charge on any atom is -0.497 e. The molecule has 0 N–H and O–H groups in total. The number of hydrogen-bond acceptors (Lipinski definition) is 6. The van der Waals surface area contributed by atoms with Gasteiger partial charge in [-0.1, -0.05) is 12.1 Å². The number of alkyl halides is 5.